The largest absolute Gasteiger partial charge is 0.364 e. The van der Waals surface area contributed by atoms with Crippen LogP contribution in [0.15, 0.2) is 29.2 Å². The molecular formula is C18H30Cl2N4O4S. The number of ether oxygens (including phenoxy) is 1. The van der Waals surface area contributed by atoms with Gasteiger partial charge in [-0.05, 0) is 37.6 Å². The van der Waals surface area contributed by atoms with E-state index in [4.69, 9.17) is 10.5 Å². The number of nitrogens with two attached hydrogens (primary N) is 1. The van der Waals surface area contributed by atoms with Crippen molar-refractivity contribution in [3.63, 3.8) is 0 Å². The number of nitrogens with one attached hydrogen (secondary N) is 1. The van der Waals surface area contributed by atoms with Crippen molar-refractivity contribution in [3.05, 3.63) is 24.3 Å². The minimum Gasteiger partial charge on any atom is -0.364 e. The van der Waals surface area contributed by atoms with E-state index in [0.717, 1.165) is 26.1 Å². The number of piperazine rings is 1. The van der Waals surface area contributed by atoms with Crippen LogP contribution in [-0.4, -0.2) is 75.0 Å². The van der Waals surface area contributed by atoms with Gasteiger partial charge < -0.3 is 20.7 Å². The Morgan fingerprint density at radius 1 is 1.21 bits per heavy atom. The minimum atomic E-state index is -3.58. The van der Waals surface area contributed by atoms with Crippen LogP contribution in [0.1, 0.15) is 19.8 Å². The predicted molar refractivity (Wildman–Crippen MR) is 117 cm³/mol. The lowest BCUT2D eigenvalue weighted by Crippen LogP contribution is -2.48. The fraction of sp³-hybridized carbons (Fsp3) is 0.611. The summed E-state index contributed by atoms with van der Waals surface area (Å²) in [6, 6.07) is 6.40. The molecule has 0 saturated carbocycles. The molecule has 0 aliphatic carbocycles. The molecule has 0 radical (unpaired) electrons. The topological polar surface area (TPSA) is 105 Å². The molecule has 0 unspecified atom stereocenters. The first-order valence-corrected chi connectivity index (χ1v) is 10.9. The van der Waals surface area contributed by atoms with E-state index in [1.165, 1.54) is 10.4 Å². The number of carbonyl (C=O) groups is 1. The molecule has 3 rings (SSSR count). The van der Waals surface area contributed by atoms with Crippen molar-refractivity contribution in [1.82, 2.24) is 9.21 Å². The van der Waals surface area contributed by atoms with Crippen molar-refractivity contribution in [2.45, 2.75) is 36.9 Å². The number of carbonyl (C=O) groups excluding carboxylic acids is 1. The Balaban J connectivity index is 0.00000210. The first-order chi connectivity index (χ1) is 12.9. The third kappa shape index (κ3) is 6.27. The molecular weight excluding hydrogens is 439 g/mol. The van der Waals surface area contributed by atoms with Crippen LogP contribution in [0.25, 0.3) is 0 Å². The molecule has 1 aromatic carbocycles. The van der Waals surface area contributed by atoms with E-state index in [1.54, 1.807) is 18.2 Å². The zero-order valence-electron chi connectivity index (χ0n) is 16.5. The Kier molecular flexibility index (Phi) is 10.3. The maximum absolute atomic E-state index is 12.9. The summed E-state index contributed by atoms with van der Waals surface area (Å²) in [6.45, 7) is 5.79. The molecule has 29 heavy (non-hydrogen) atoms. The van der Waals surface area contributed by atoms with E-state index in [-0.39, 0.29) is 41.7 Å². The molecule has 2 fully saturated rings. The van der Waals surface area contributed by atoms with Crippen molar-refractivity contribution in [2.75, 3.05) is 44.6 Å². The second kappa shape index (κ2) is 11.5. The van der Waals surface area contributed by atoms with Crippen LogP contribution in [0, 0.1) is 0 Å². The molecule has 1 aromatic rings. The lowest BCUT2D eigenvalue weighted by molar-refractivity contribution is -0.126. The number of rotatable bonds is 6. The normalized spacial score (nSPS) is 23.1. The van der Waals surface area contributed by atoms with Crippen LogP contribution >= 0.6 is 24.8 Å². The number of likely N-dealkylation sites (N-methyl/N-ethyl adjacent to an activating group) is 1. The Hall–Kier alpha value is -0.940. The smallest absolute Gasteiger partial charge is 0.253 e. The molecule has 1 amide bonds. The van der Waals surface area contributed by atoms with Crippen LogP contribution in [-0.2, 0) is 19.6 Å². The lowest BCUT2D eigenvalue weighted by atomic mass is 10.2. The number of anilines is 1. The number of hydrogen-bond acceptors (Lipinski definition) is 6. The molecule has 0 bridgehead atoms. The number of amides is 1. The first-order valence-electron chi connectivity index (χ1n) is 9.43. The van der Waals surface area contributed by atoms with Gasteiger partial charge >= 0.3 is 0 Å². The number of benzene rings is 1. The summed E-state index contributed by atoms with van der Waals surface area (Å²) < 4.78 is 32.9. The Morgan fingerprint density at radius 3 is 2.48 bits per heavy atom. The van der Waals surface area contributed by atoms with Crippen LogP contribution in [0.3, 0.4) is 0 Å². The molecule has 11 heteroatoms. The highest BCUT2D eigenvalue weighted by atomic mass is 35.5. The van der Waals surface area contributed by atoms with Crippen LogP contribution in [0.4, 0.5) is 5.69 Å². The summed E-state index contributed by atoms with van der Waals surface area (Å²) >= 11 is 0. The highest BCUT2D eigenvalue weighted by molar-refractivity contribution is 7.89. The molecule has 2 atom stereocenters. The Bertz CT molecular complexity index is 773. The van der Waals surface area contributed by atoms with Gasteiger partial charge in [0.15, 0.2) is 0 Å². The SMILES string of the molecule is CCN1CCN(S(=O)(=O)c2cccc(NC(=O)[C@@H]3CC[C@H](CN)O3)c2)CC1.Cl.Cl. The molecule has 0 spiro atoms. The quantitative estimate of drug-likeness (QED) is 0.651. The van der Waals surface area contributed by atoms with E-state index in [0.29, 0.717) is 31.7 Å². The van der Waals surface area contributed by atoms with Gasteiger partial charge in [0.25, 0.3) is 5.91 Å². The van der Waals surface area contributed by atoms with Crippen molar-refractivity contribution in [3.8, 4) is 0 Å². The second-order valence-corrected chi connectivity index (χ2v) is 8.85. The number of hydrogen-bond donors (Lipinski definition) is 2. The van der Waals surface area contributed by atoms with Crippen molar-refractivity contribution in [2.24, 2.45) is 5.73 Å². The van der Waals surface area contributed by atoms with Crippen molar-refractivity contribution >= 4 is 46.4 Å². The van der Waals surface area contributed by atoms with E-state index in [1.807, 2.05) is 0 Å². The van der Waals surface area contributed by atoms with E-state index < -0.39 is 16.1 Å². The number of nitrogens with zero attached hydrogens (tertiary/aromatic N) is 2. The maximum atomic E-state index is 12.9. The Morgan fingerprint density at radius 2 is 1.90 bits per heavy atom. The van der Waals surface area contributed by atoms with Gasteiger partial charge in [0.05, 0.1) is 11.0 Å². The van der Waals surface area contributed by atoms with Crippen LogP contribution < -0.4 is 11.1 Å². The minimum absolute atomic E-state index is 0. The van der Waals surface area contributed by atoms with Gasteiger partial charge in [-0.25, -0.2) is 8.42 Å². The zero-order valence-corrected chi connectivity index (χ0v) is 18.9. The molecule has 8 nitrogen and oxygen atoms in total. The van der Waals surface area contributed by atoms with Gasteiger partial charge in [0.1, 0.15) is 6.10 Å². The summed E-state index contributed by atoms with van der Waals surface area (Å²) in [4.78, 5) is 14.8. The van der Waals surface area contributed by atoms with Gasteiger partial charge in [-0.3, -0.25) is 4.79 Å². The monoisotopic (exact) mass is 468 g/mol. The average molecular weight is 469 g/mol. The molecule has 2 aliphatic rings. The fourth-order valence-electron chi connectivity index (χ4n) is 3.46. The van der Waals surface area contributed by atoms with Crippen LogP contribution in [0.2, 0.25) is 0 Å². The molecule has 2 heterocycles. The standard InChI is InChI=1S/C18H28N4O4S.2ClH/c1-2-21-8-10-22(11-9-21)27(24,25)16-5-3-4-14(12-16)20-18(23)17-7-6-15(13-19)26-17;;/h3-5,12,15,17H,2,6-11,13,19H2,1H3,(H,20,23);2*1H/t15-,17+;;/m1../s1. The van der Waals surface area contributed by atoms with E-state index in [2.05, 4.69) is 17.1 Å². The van der Waals surface area contributed by atoms with Gasteiger partial charge in [-0.2, -0.15) is 4.31 Å². The molecule has 0 aromatic heterocycles. The van der Waals surface area contributed by atoms with Gasteiger partial charge in [0, 0.05) is 38.4 Å². The predicted octanol–water partition coefficient (Wildman–Crippen LogP) is 1.30. The van der Waals surface area contributed by atoms with Gasteiger partial charge in [0.2, 0.25) is 10.0 Å². The molecule has 166 valence electrons. The van der Waals surface area contributed by atoms with Gasteiger partial charge in [-0.1, -0.05) is 13.0 Å². The Labute approximate surface area is 185 Å². The highest BCUT2D eigenvalue weighted by Gasteiger charge is 2.31. The zero-order chi connectivity index (χ0) is 19.4. The molecule has 2 aliphatic heterocycles. The fourth-order valence-corrected chi connectivity index (χ4v) is 4.93. The summed E-state index contributed by atoms with van der Waals surface area (Å²) in [7, 11) is -3.58. The number of sulfonamides is 1. The van der Waals surface area contributed by atoms with E-state index >= 15 is 0 Å². The summed E-state index contributed by atoms with van der Waals surface area (Å²) in [6.07, 6.45) is 0.746. The summed E-state index contributed by atoms with van der Waals surface area (Å²) in [5, 5.41) is 2.76. The van der Waals surface area contributed by atoms with Gasteiger partial charge in [-0.15, -0.1) is 24.8 Å². The third-order valence-electron chi connectivity index (χ3n) is 5.18. The van der Waals surface area contributed by atoms with Crippen molar-refractivity contribution < 1.29 is 17.9 Å². The first kappa shape index (κ1) is 26.1. The second-order valence-electron chi connectivity index (χ2n) is 6.92. The molecule has 3 N–H and O–H groups in total. The summed E-state index contributed by atoms with van der Waals surface area (Å²) in [5.41, 5.74) is 6.03. The van der Waals surface area contributed by atoms with Crippen LogP contribution in [0.5, 0.6) is 0 Å². The number of halogens is 2. The third-order valence-corrected chi connectivity index (χ3v) is 7.08. The highest BCUT2D eigenvalue weighted by Crippen LogP contribution is 2.23. The molecule has 2 saturated heterocycles. The van der Waals surface area contributed by atoms with Crippen molar-refractivity contribution in [1.29, 1.82) is 0 Å². The van der Waals surface area contributed by atoms with E-state index in [9.17, 15) is 13.2 Å². The maximum Gasteiger partial charge on any atom is 0.253 e. The lowest BCUT2D eigenvalue weighted by Gasteiger charge is -2.33. The average Bonchev–Trinajstić information content (AvgIpc) is 3.18. The summed E-state index contributed by atoms with van der Waals surface area (Å²) in [5.74, 6) is -0.267.